The molecule has 35 aliphatic rings. The second-order valence-corrected chi connectivity index (χ2v) is 43.2. The van der Waals surface area contributed by atoms with E-state index in [1.54, 1.807) is 12.8 Å². The van der Waals surface area contributed by atoms with E-state index in [9.17, 15) is 0 Å². The van der Waals surface area contributed by atoms with Crippen LogP contribution in [0.3, 0.4) is 0 Å². The van der Waals surface area contributed by atoms with Crippen LogP contribution < -0.4 is 0 Å². The maximum atomic E-state index is 5.77. The van der Waals surface area contributed by atoms with Crippen LogP contribution in [-0.2, 0) is 0 Å². The van der Waals surface area contributed by atoms with Crippen LogP contribution >= 0.6 is 25.3 Å². The Morgan fingerprint density at radius 3 is 1.29 bits per heavy atom. The molecule has 0 radical (unpaired) electrons. The maximum absolute atomic E-state index is 5.77. The molecule has 3 spiro atoms. The van der Waals surface area contributed by atoms with Crippen LogP contribution in [0.5, 0.6) is 0 Å². The highest BCUT2D eigenvalue weighted by atomic mass is 32.1. The van der Waals surface area contributed by atoms with Gasteiger partial charge in [0, 0.05) is 10.00 Å². The molecule has 2 heteroatoms. The van der Waals surface area contributed by atoms with Crippen LogP contribution in [0.25, 0.3) is 0 Å². The van der Waals surface area contributed by atoms with Crippen molar-refractivity contribution in [2.24, 2.45) is 359 Å². The molecule has 35 rings (SSSR count). The highest BCUT2D eigenvalue weighted by Crippen LogP contribution is 3.07. The summed E-state index contributed by atoms with van der Waals surface area (Å²) in [5, 5.41) is 0.571. The number of hydrogen-bond donors (Lipinski definition) is 2. The van der Waals surface area contributed by atoms with E-state index in [1.165, 1.54) is 261 Å². The zero-order chi connectivity index (χ0) is 49.9. The van der Waals surface area contributed by atoms with Crippen molar-refractivity contribution < 1.29 is 0 Å². The number of rotatable bonds is 3. The van der Waals surface area contributed by atoms with E-state index in [1.807, 2.05) is 0 Å². The van der Waals surface area contributed by atoms with Crippen LogP contribution in [-0.4, -0.2) is 10.00 Å². The van der Waals surface area contributed by atoms with E-state index in [0.717, 1.165) is 105 Å². The van der Waals surface area contributed by atoms with Gasteiger partial charge in [-0.25, -0.2) is 0 Å². The lowest BCUT2D eigenvalue weighted by Crippen LogP contribution is -2.97. The van der Waals surface area contributed by atoms with Crippen molar-refractivity contribution in [3.05, 3.63) is 0 Å². The fraction of sp³-hybridized carbons (Fsp3) is 1.00. The number of hydrogen-bond acceptors (Lipinski definition) is 2. The van der Waals surface area contributed by atoms with E-state index in [2.05, 4.69) is 62.3 Å². The van der Waals surface area contributed by atoms with Gasteiger partial charge in [-0.15, -0.1) is 0 Å². The fourth-order valence-electron chi connectivity index (χ4n) is 45.3. The summed E-state index contributed by atoms with van der Waals surface area (Å²) in [6.07, 6.45) is 6.46. The molecule has 35 fully saturated rings. The summed E-state index contributed by atoms with van der Waals surface area (Å²) in [7, 11) is 0. The number of fused-ring (bicyclic) bond motifs is 57. The van der Waals surface area contributed by atoms with Crippen LogP contribution in [0, 0.1) is 359 Å². The van der Waals surface area contributed by atoms with Crippen LogP contribution in [0.1, 0.15) is 88.0 Å². The molecule has 0 aliphatic heterocycles. The Bertz CT molecular complexity index is 3150. The van der Waals surface area contributed by atoms with Gasteiger partial charge in [0.1, 0.15) is 0 Å². The van der Waals surface area contributed by atoms with Gasteiger partial charge in [-0.3, -0.25) is 0 Å². The SMILES string of the molecule is CCC(C)C1C2CC23C2C4C5C6C7C8C9C%10C%11C%12C(C)C%13C(C%12C%11C%10C9C8C7C6C5C4C2C3C2C(C)C13C1C4C5C6CC6C5C4C1C23)C1C%13C2C1C1C2C2C1C1C3C4C5C(C)C4C3C21C(C)C1CC(C1C)C(C(C)(C)S)C5S. The summed E-state index contributed by atoms with van der Waals surface area (Å²) in [5.74, 6) is 68.5. The van der Waals surface area contributed by atoms with Gasteiger partial charge in [0.2, 0.25) is 0 Å². The third kappa shape index (κ3) is 2.92. The molecule has 62 atom stereocenters. The lowest BCUT2D eigenvalue weighted by Gasteiger charge is -3.00. The minimum Gasteiger partial charge on any atom is -0.175 e. The summed E-state index contributed by atoms with van der Waals surface area (Å²) in [5.41, 5.74) is 2.53. The topological polar surface area (TPSA) is 0 Å². The Labute approximate surface area is 479 Å². The van der Waals surface area contributed by atoms with Crippen molar-refractivity contribution >= 4 is 25.3 Å². The van der Waals surface area contributed by atoms with Gasteiger partial charge in [-0.2, -0.15) is 25.3 Å². The summed E-state index contributed by atoms with van der Waals surface area (Å²) in [6.45, 7) is 24.7. The van der Waals surface area contributed by atoms with E-state index in [0.29, 0.717) is 11.2 Å². The molecule has 0 saturated heterocycles. The van der Waals surface area contributed by atoms with Gasteiger partial charge in [-0.05, 0) is 379 Å². The maximum Gasteiger partial charge on any atom is 0.0115 e. The van der Waals surface area contributed by atoms with Crippen LogP contribution in [0.15, 0.2) is 0 Å². The quantitative estimate of drug-likeness (QED) is 0.204. The molecule has 35 aliphatic carbocycles. The van der Waals surface area contributed by atoms with Gasteiger partial charge in [0.05, 0.1) is 0 Å². The Hall–Kier alpha value is 0.700. The van der Waals surface area contributed by atoms with E-state index < -0.39 is 0 Å². The van der Waals surface area contributed by atoms with Gasteiger partial charge < -0.3 is 0 Å². The van der Waals surface area contributed by atoms with Crippen LogP contribution in [0.4, 0.5) is 0 Å². The molecule has 78 heavy (non-hydrogen) atoms. The molecule has 0 N–H and O–H groups in total. The zero-order valence-corrected chi connectivity index (χ0v) is 50.6. The first-order valence-electron chi connectivity index (χ1n) is 37.3. The summed E-state index contributed by atoms with van der Waals surface area (Å²) in [6, 6.07) is 0. The van der Waals surface area contributed by atoms with Crippen molar-refractivity contribution in [3.8, 4) is 0 Å². The first-order chi connectivity index (χ1) is 37.8. The Kier molecular flexibility index (Phi) is 5.78. The lowest BCUT2D eigenvalue weighted by molar-refractivity contribution is -0.535. The van der Waals surface area contributed by atoms with Gasteiger partial charge in [-0.1, -0.05) is 68.7 Å². The Balaban J connectivity index is 0.443. The van der Waals surface area contributed by atoms with Gasteiger partial charge in [0.15, 0.2) is 0 Å². The molecule has 35 saturated carbocycles. The predicted molar refractivity (Wildman–Crippen MR) is 304 cm³/mol. The highest BCUT2D eigenvalue weighted by molar-refractivity contribution is 7.82. The minimum absolute atomic E-state index is 0.0823. The van der Waals surface area contributed by atoms with E-state index >= 15 is 0 Å². The zero-order valence-electron chi connectivity index (χ0n) is 48.8. The molecular formula is C76H96S2. The molecule has 0 nitrogen and oxygen atoms in total. The summed E-state index contributed by atoms with van der Waals surface area (Å²) >= 11 is 11.2. The molecule has 0 aromatic carbocycles. The van der Waals surface area contributed by atoms with Crippen molar-refractivity contribution in [1.82, 2.24) is 0 Å². The Morgan fingerprint density at radius 2 is 0.756 bits per heavy atom. The molecular weight excluding hydrogens is 977 g/mol. The normalized spacial score (nSPS) is 90.5. The van der Waals surface area contributed by atoms with Crippen molar-refractivity contribution in [2.75, 3.05) is 0 Å². The monoisotopic (exact) mass is 1070 g/mol. The third-order valence-electron chi connectivity index (χ3n) is 44.8. The fourth-order valence-corrected chi connectivity index (χ4v) is 46.8. The van der Waals surface area contributed by atoms with E-state index in [4.69, 9.17) is 25.3 Å². The molecule has 412 valence electrons. The van der Waals surface area contributed by atoms with Crippen LogP contribution in [0.2, 0.25) is 0 Å². The van der Waals surface area contributed by atoms with Gasteiger partial charge in [0.25, 0.3) is 0 Å². The predicted octanol–water partition coefficient (Wildman–Crippen LogP) is 13.8. The first kappa shape index (κ1) is 41.7. The molecule has 0 heterocycles. The molecule has 10 bridgehead atoms. The average Bonchev–Trinajstić information content (AvgIpc) is 0.996. The molecule has 0 aromatic rings. The third-order valence-corrected chi connectivity index (χ3v) is 45.8. The highest BCUT2D eigenvalue weighted by Gasteiger charge is 3.03. The smallest absolute Gasteiger partial charge is 0.0115 e. The Morgan fingerprint density at radius 1 is 0.385 bits per heavy atom. The summed E-state index contributed by atoms with van der Waals surface area (Å²) < 4.78 is 0.0823. The first-order valence-corrected chi connectivity index (χ1v) is 38.2. The molecule has 0 amide bonds. The van der Waals surface area contributed by atoms with Crippen molar-refractivity contribution in [3.63, 3.8) is 0 Å². The second kappa shape index (κ2) is 10.8. The standard InChI is InChI=1S/C76H96S2/c1-10-14(2)63-24-13-74(24)65(29-19(7)76(63)68(29)61-37-30-22-12-23(22)31(30)56(37)69(61)76)59-54-51-48-46-45-43-41-38-32-25(34(38)40(41)42(43)44(45)47(46)49(48)53(51)57(54)66(59)74)16(4)26-33(32)39-35(26)52-50(39)55-58(52)70-62(55)71-60-36-27-17(5)28(36)72(77)64(73(8,9)78)21-11-20(15(21)3)18(6)75(70,71)67(27)60/h14-72,77-78H,10-13H2,1-9H3. The molecule has 62 unspecified atom stereocenters. The average molecular weight is 1070 g/mol. The largest absolute Gasteiger partial charge is 0.175 e. The second-order valence-electron chi connectivity index (χ2n) is 41.4. The van der Waals surface area contributed by atoms with E-state index in [-0.39, 0.29) is 4.75 Å². The number of thiol groups is 2. The molecule has 0 aromatic heterocycles. The van der Waals surface area contributed by atoms with Crippen molar-refractivity contribution in [1.29, 1.82) is 0 Å². The minimum atomic E-state index is 0.0823. The van der Waals surface area contributed by atoms with Crippen molar-refractivity contribution in [2.45, 2.75) is 98.0 Å². The lowest BCUT2D eigenvalue weighted by atomic mass is 9.04. The summed E-state index contributed by atoms with van der Waals surface area (Å²) in [4.78, 5) is 0. The van der Waals surface area contributed by atoms with Gasteiger partial charge >= 0.3 is 0 Å².